The summed E-state index contributed by atoms with van der Waals surface area (Å²) in [6, 6.07) is 21.9. The lowest BCUT2D eigenvalue weighted by Gasteiger charge is -2.30. The van der Waals surface area contributed by atoms with Gasteiger partial charge in [0.05, 0.1) is 29.3 Å². The summed E-state index contributed by atoms with van der Waals surface area (Å²) in [5.74, 6) is 0.709. The second-order valence-electron chi connectivity index (χ2n) is 10.8. The molecular weight excluding hydrogens is 560 g/mol. The zero-order valence-corrected chi connectivity index (χ0v) is 23.7. The van der Waals surface area contributed by atoms with E-state index in [0.29, 0.717) is 45.6 Å². The lowest BCUT2D eigenvalue weighted by atomic mass is 10.1. The zero-order valence-electron chi connectivity index (χ0n) is 23.7. The van der Waals surface area contributed by atoms with Gasteiger partial charge >= 0.3 is 0 Å². The molecule has 0 aliphatic carbocycles. The van der Waals surface area contributed by atoms with Crippen LogP contribution in [0.5, 0.6) is 0 Å². The molecule has 9 nitrogen and oxygen atoms in total. The molecule has 5 aromatic heterocycles. The molecule has 0 bridgehead atoms. The Kier molecular flexibility index (Phi) is 7.47. The molecule has 0 unspecified atom stereocenters. The fraction of sp³-hybridized carbons (Fsp3) is 0.182. The van der Waals surface area contributed by atoms with Crippen LogP contribution in [0.25, 0.3) is 39.6 Å². The van der Waals surface area contributed by atoms with Gasteiger partial charge in [-0.2, -0.15) is 0 Å². The van der Waals surface area contributed by atoms with Crippen LogP contribution in [0.2, 0.25) is 0 Å². The van der Waals surface area contributed by atoms with E-state index in [4.69, 9.17) is 15.7 Å². The van der Waals surface area contributed by atoms with E-state index in [-0.39, 0.29) is 6.04 Å². The minimum Gasteiger partial charge on any atom is -0.328 e. The summed E-state index contributed by atoms with van der Waals surface area (Å²) in [4.78, 5) is 25.3. The monoisotopic (exact) mass is 589 g/mol. The van der Waals surface area contributed by atoms with Crippen LogP contribution in [-0.4, -0.2) is 53.5 Å². The number of likely N-dealkylation sites (tertiary alicyclic amines) is 1. The third-order valence-electron chi connectivity index (χ3n) is 7.75. The quantitative estimate of drug-likeness (QED) is 0.237. The molecule has 7 rings (SSSR count). The van der Waals surface area contributed by atoms with Crippen molar-refractivity contribution < 1.29 is 8.78 Å². The summed E-state index contributed by atoms with van der Waals surface area (Å²) >= 11 is 0. The first kappa shape index (κ1) is 27.7. The number of anilines is 2. The van der Waals surface area contributed by atoms with Crippen LogP contribution in [0.4, 0.5) is 20.4 Å². The molecule has 6 heterocycles. The number of aromatic nitrogens is 6. The molecule has 0 spiro atoms. The van der Waals surface area contributed by atoms with Crippen molar-refractivity contribution in [2.24, 2.45) is 5.73 Å². The predicted molar refractivity (Wildman–Crippen MR) is 165 cm³/mol. The highest BCUT2D eigenvalue weighted by atomic mass is 19.1. The molecule has 0 atom stereocenters. The Labute approximate surface area is 252 Å². The smallest absolute Gasteiger partial charge is 0.165 e. The van der Waals surface area contributed by atoms with E-state index >= 15 is 0 Å². The van der Waals surface area contributed by atoms with E-state index < -0.39 is 11.6 Å². The Morgan fingerprint density at radius 1 is 0.795 bits per heavy atom. The molecule has 0 saturated carbocycles. The highest BCUT2D eigenvalue weighted by molar-refractivity contribution is 5.85. The summed E-state index contributed by atoms with van der Waals surface area (Å²) in [5.41, 5.74) is 11.3. The number of hydrogen-bond acceptors (Lipinski definition) is 8. The summed E-state index contributed by atoms with van der Waals surface area (Å²) in [5, 5.41) is 3.20. The summed E-state index contributed by atoms with van der Waals surface area (Å²) in [7, 11) is 0. The first-order chi connectivity index (χ1) is 21.5. The Bertz CT molecular complexity index is 1900. The summed E-state index contributed by atoms with van der Waals surface area (Å²) < 4.78 is 29.1. The van der Waals surface area contributed by atoms with Gasteiger partial charge in [-0.1, -0.05) is 12.1 Å². The predicted octanol–water partition coefficient (Wildman–Crippen LogP) is 5.88. The Morgan fingerprint density at radius 3 is 2.27 bits per heavy atom. The van der Waals surface area contributed by atoms with Crippen molar-refractivity contribution in [1.82, 2.24) is 34.4 Å². The molecule has 1 aliphatic rings. The number of nitrogens with two attached hydrogens (primary N) is 1. The van der Waals surface area contributed by atoms with Gasteiger partial charge in [-0.15, -0.1) is 0 Å². The van der Waals surface area contributed by atoms with Crippen LogP contribution >= 0.6 is 0 Å². The molecule has 1 fully saturated rings. The van der Waals surface area contributed by atoms with E-state index in [9.17, 15) is 8.78 Å². The number of fused-ring (bicyclic) bond motifs is 1. The maximum atomic E-state index is 13.6. The molecule has 6 aromatic rings. The Hall–Kier alpha value is -5.13. The SMILES string of the molecule is NC1CCN(Cc2ccc(-n3c(-c4cccnc4Nc4ccc(F)cn4)nc4ccc(-c5ccc(F)cn5)nc43)cc2)CC1. The number of rotatable bonds is 7. The van der Waals surface area contributed by atoms with Crippen LogP contribution in [0, 0.1) is 11.6 Å². The van der Waals surface area contributed by atoms with Crippen molar-refractivity contribution in [2.75, 3.05) is 18.4 Å². The average molecular weight is 590 g/mol. The zero-order chi connectivity index (χ0) is 30.0. The molecule has 0 amide bonds. The third kappa shape index (κ3) is 5.75. The number of imidazole rings is 1. The summed E-state index contributed by atoms with van der Waals surface area (Å²) in [6.07, 6.45) is 6.01. The van der Waals surface area contributed by atoms with Gasteiger partial charge in [0.1, 0.15) is 28.8 Å². The first-order valence-electron chi connectivity index (χ1n) is 14.4. The van der Waals surface area contributed by atoms with E-state index in [1.165, 1.54) is 23.9 Å². The lowest BCUT2D eigenvalue weighted by molar-refractivity contribution is 0.205. The number of halogens is 2. The van der Waals surface area contributed by atoms with E-state index in [2.05, 4.69) is 49.4 Å². The Balaban J connectivity index is 1.32. The van der Waals surface area contributed by atoms with Crippen molar-refractivity contribution >= 4 is 22.8 Å². The van der Waals surface area contributed by atoms with E-state index in [0.717, 1.165) is 44.4 Å². The van der Waals surface area contributed by atoms with Crippen molar-refractivity contribution in [3.8, 4) is 28.5 Å². The van der Waals surface area contributed by atoms with Gasteiger partial charge in [0, 0.05) is 24.5 Å². The van der Waals surface area contributed by atoms with Gasteiger partial charge in [-0.3, -0.25) is 14.5 Å². The van der Waals surface area contributed by atoms with Crippen molar-refractivity contribution in [1.29, 1.82) is 0 Å². The number of nitrogens with one attached hydrogen (secondary N) is 1. The van der Waals surface area contributed by atoms with Gasteiger partial charge in [0.25, 0.3) is 0 Å². The average Bonchev–Trinajstić information content (AvgIpc) is 3.43. The molecule has 220 valence electrons. The molecule has 1 aliphatic heterocycles. The fourth-order valence-corrected chi connectivity index (χ4v) is 5.43. The normalized spacial score (nSPS) is 14.2. The van der Waals surface area contributed by atoms with E-state index in [1.807, 2.05) is 28.8 Å². The van der Waals surface area contributed by atoms with Gasteiger partial charge in [0.15, 0.2) is 11.5 Å². The highest BCUT2D eigenvalue weighted by Crippen LogP contribution is 2.33. The highest BCUT2D eigenvalue weighted by Gasteiger charge is 2.21. The van der Waals surface area contributed by atoms with Gasteiger partial charge in [-0.05, 0) is 92.2 Å². The van der Waals surface area contributed by atoms with Gasteiger partial charge in [0.2, 0.25) is 0 Å². The van der Waals surface area contributed by atoms with E-state index in [1.54, 1.807) is 18.3 Å². The maximum Gasteiger partial charge on any atom is 0.165 e. The van der Waals surface area contributed by atoms with Crippen LogP contribution in [-0.2, 0) is 6.54 Å². The molecule has 0 radical (unpaired) electrons. The topological polar surface area (TPSA) is 111 Å². The van der Waals surface area contributed by atoms with Crippen molar-refractivity contribution in [2.45, 2.75) is 25.4 Å². The van der Waals surface area contributed by atoms with Crippen LogP contribution in [0.3, 0.4) is 0 Å². The second-order valence-corrected chi connectivity index (χ2v) is 10.8. The maximum absolute atomic E-state index is 13.6. The minimum atomic E-state index is -0.427. The van der Waals surface area contributed by atoms with Gasteiger partial charge < -0.3 is 11.1 Å². The number of piperidine rings is 1. The largest absolute Gasteiger partial charge is 0.328 e. The number of nitrogens with zero attached hydrogens (tertiary/aromatic N) is 7. The summed E-state index contributed by atoms with van der Waals surface area (Å²) in [6.45, 7) is 2.83. The molecule has 1 saturated heterocycles. The Morgan fingerprint density at radius 2 is 1.55 bits per heavy atom. The number of benzene rings is 1. The fourth-order valence-electron chi connectivity index (χ4n) is 5.43. The molecule has 44 heavy (non-hydrogen) atoms. The molecule has 3 N–H and O–H groups in total. The molecular formula is C33H29F2N9. The minimum absolute atomic E-state index is 0.287. The van der Waals surface area contributed by atoms with Gasteiger partial charge in [-0.25, -0.2) is 28.7 Å². The van der Waals surface area contributed by atoms with Crippen LogP contribution in [0.15, 0.2) is 91.4 Å². The second kappa shape index (κ2) is 11.9. The lowest BCUT2D eigenvalue weighted by Crippen LogP contribution is -2.39. The first-order valence-corrected chi connectivity index (χ1v) is 14.4. The van der Waals surface area contributed by atoms with Crippen molar-refractivity contribution in [3.63, 3.8) is 0 Å². The van der Waals surface area contributed by atoms with Crippen LogP contribution < -0.4 is 11.1 Å². The van der Waals surface area contributed by atoms with Crippen molar-refractivity contribution in [3.05, 3.63) is 109 Å². The van der Waals surface area contributed by atoms with Crippen LogP contribution in [0.1, 0.15) is 18.4 Å². The standard InChI is InChI=1S/C33H29F2N9/c34-22-5-9-27(38-18-22)28-10-11-29-33(40-28)44(25-7-3-21(4-8-25)20-43-16-13-24(36)14-17-43)32(41-29)26-2-1-15-37-31(26)42-30-12-6-23(35)19-39-30/h1-12,15,18-19,24H,13-14,16-17,20,36H2,(H,37,39,42). The number of pyridine rings is 4. The molecule has 1 aromatic carbocycles. The third-order valence-corrected chi connectivity index (χ3v) is 7.75. The molecule has 11 heteroatoms. The number of hydrogen-bond donors (Lipinski definition) is 2.